The zero-order valence-electron chi connectivity index (χ0n) is 13.5. The molecule has 118 valence electrons. The van der Waals surface area contributed by atoms with Gasteiger partial charge in [-0.05, 0) is 63.5 Å². The standard InChI is InChI=1S/C22H13BrN2/c1-11-2-9-17-22(24-11)21-15-7-3-12-5-8-16(23)14-6-4-13(10-18(21)25-17)20(15)19(12)14/h2-10,25H,1H3. The van der Waals surface area contributed by atoms with E-state index in [1.807, 2.05) is 6.92 Å². The van der Waals surface area contributed by atoms with E-state index in [0.29, 0.717) is 0 Å². The maximum atomic E-state index is 4.82. The molecule has 2 nitrogen and oxygen atoms in total. The molecule has 0 bridgehead atoms. The molecule has 2 aromatic heterocycles. The lowest BCUT2D eigenvalue weighted by atomic mass is 9.92. The summed E-state index contributed by atoms with van der Waals surface area (Å²) in [6.07, 6.45) is 0. The van der Waals surface area contributed by atoms with Crippen LogP contribution >= 0.6 is 15.9 Å². The lowest BCUT2D eigenvalue weighted by Crippen LogP contribution is -1.86. The van der Waals surface area contributed by atoms with Gasteiger partial charge >= 0.3 is 0 Å². The number of benzene rings is 4. The average molecular weight is 385 g/mol. The van der Waals surface area contributed by atoms with E-state index in [-0.39, 0.29) is 0 Å². The van der Waals surface area contributed by atoms with Gasteiger partial charge in [-0.15, -0.1) is 0 Å². The number of nitrogens with one attached hydrogen (secondary N) is 1. The number of aromatic nitrogens is 2. The molecule has 1 N–H and O–H groups in total. The monoisotopic (exact) mass is 384 g/mol. The summed E-state index contributed by atoms with van der Waals surface area (Å²) in [5.74, 6) is 0. The largest absolute Gasteiger partial charge is 0.353 e. The summed E-state index contributed by atoms with van der Waals surface area (Å²) in [6.45, 7) is 2.05. The topological polar surface area (TPSA) is 28.7 Å². The van der Waals surface area contributed by atoms with E-state index in [1.54, 1.807) is 0 Å². The van der Waals surface area contributed by atoms with Gasteiger partial charge in [0.1, 0.15) is 0 Å². The molecule has 25 heavy (non-hydrogen) atoms. The van der Waals surface area contributed by atoms with E-state index in [1.165, 1.54) is 37.7 Å². The highest BCUT2D eigenvalue weighted by molar-refractivity contribution is 9.10. The molecule has 0 saturated heterocycles. The van der Waals surface area contributed by atoms with Crippen LogP contribution in [-0.2, 0) is 0 Å². The fourth-order valence-electron chi connectivity index (χ4n) is 4.19. The van der Waals surface area contributed by atoms with Crippen LogP contribution in [0.15, 0.2) is 59.1 Å². The van der Waals surface area contributed by atoms with Gasteiger partial charge in [-0.1, -0.05) is 46.3 Å². The number of hydrogen-bond donors (Lipinski definition) is 1. The molecule has 0 aliphatic heterocycles. The second kappa shape index (κ2) is 4.50. The molecule has 0 atom stereocenters. The Morgan fingerprint density at radius 2 is 1.52 bits per heavy atom. The quantitative estimate of drug-likeness (QED) is 0.290. The van der Waals surface area contributed by atoms with E-state index in [4.69, 9.17) is 4.98 Å². The van der Waals surface area contributed by atoms with Crippen molar-refractivity contribution in [1.82, 2.24) is 9.97 Å². The molecule has 0 aliphatic carbocycles. The lowest BCUT2D eigenvalue weighted by molar-refractivity contribution is 1.26. The number of rotatable bonds is 0. The molecule has 6 aromatic rings. The minimum absolute atomic E-state index is 1.04. The molecule has 4 aromatic carbocycles. The van der Waals surface area contributed by atoms with Crippen LogP contribution in [0.1, 0.15) is 5.69 Å². The van der Waals surface area contributed by atoms with Gasteiger partial charge in [0.15, 0.2) is 0 Å². The second-order valence-electron chi connectivity index (χ2n) is 6.74. The summed E-state index contributed by atoms with van der Waals surface area (Å²) in [7, 11) is 0. The number of halogens is 1. The van der Waals surface area contributed by atoms with Crippen LogP contribution in [0.5, 0.6) is 0 Å². The molecule has 0 fully saturated rings. The van der Waals surface area contributed by atoms with E-state index >= 15 is 0 Å². The molecular formula is C22H13BrN2. The molecule has 0 saturated carbocycles. The van der Waals surface area contributed by atoms with Crippen LogP contribution in [0.25, 0.3) is 54.3 Å². The van der Waals surface area contributed by atoms with Crippen LogP contribution in [0.4, 0.5) is 0 Å². The summed E-state index contributed by atoms with van der Waals surface area (Å²) in [5, 5.41) is 8.95. The van der Waals surface area contributed by atoms with Gasteiger partial charge in [0.25, 0.3) is 0 Å². The van der Waals surface area contributed by atoms with Crippen LogP contribution in [0.3, 0.4) is 0 Å². The number of H-pyrrole nitrogens is 1. The van der Waals surface area contributed by atoms with Crippen LogP contribution in [0.2, 0.25) is 0 Å². The van der Waals surface area contributed by atoms with Gasteiger partial charge in [-0.2, -0.15) is 0 Å². The van der Waals surface area contributed by atoms with Gasteiger partial charge in [0.2, 0.25) is 0 Å². The number of fused-ring (bicyclic) bond motifs is 4. The molecule has 6 rings (SSSR count). The third kappa shape index (κ3) is 1.66. The number of nitrogens with zero attached hydrogens (tertiary/aromatic N) is 1. The second-order valence-corrected chi connectivity index (χ2v) is 7.60. The molecule has 0 aliphatic rings. The third-order valence-electron chi connectivity index (χ3n) is 5.27. The maximum absolute atomic E-state index is 4.82. The van der Waals surface area contributed by atoms with Gasteiger partial charge in [-0.25, -0.2) is 0 Å². The number of aryl methyl sites for hydroxylation is 1. The first-order valence-corrected chi connectivity index (χ1v) is 9.15. The van der Waals surface area contributed by atoms with Crippen LogP contribution in [-0.4, -0.2) is 9.97 Å². The Hall–Kier alpha value is -2.65. The highest BCUT2D eigenvalue weighted by Crippen LogP contribution is 2.42. The van der Waals surface area contributed by atoms with Crippen molar-refractivity contribution in [3.05, 3.63) is 64.8 Å². The zero-order chi connectivity index (χ0) is 16.7. The normalized spacial score (nSPS) is 12.4. The number of hydrogen-bond acceptors (Lipinski definition) is 1. The van der Waals surface area contributed by atoms with Crippen molar-refractivity contribution in [1.29, 1.82) is 0 Å². The molecule has 2 heterocycles. The van der Waals surface area contributed by atoms with E-state index < -0.39 is 0 Å². The first-order valence-electron chi connectivity index (χ1n) is 8.36. The minimum Gasteiger partial charge on any atom is -0.353 e. The summed E-state index contributed by atoms with van der Waals surface area (Å²) < 4.78 is 1.14. The highest BCUT2D eigenvalue weighted by atomic mass is 79.9. The molecule has 0 unspecified atom stereocenters. The SMILES string of the molecule is Cc1ccc2[nH]c3cc4ccc5c(Br)ccc6ccc(c3c2n1)c4c65. The Morgan fingerprint density at radius 1 is 0.760 bits per heavy atom. The average Bonchev–Trinajstić information content (AvgIpc) is 2.98. The van der Waals surface area contributed by atoms with Gasteiger partial charge in [0.05, 0.1) is 11.0 Å². The fraction of sp³-hybridized carbons (Fsp3) is 0.0455. The Kier molecular flexibility index (Phi) is 2.45. The molecule has 0 spiro atoms. The first-order chi connectivity index (χ1) is 12.2. The minimum atomic E-state index is 1.04. The first kappa shape index (κ1) is 13.6. The summed E-state index contributed by atoms with van der Waals surface area (Å²) in [6, 6.07) is 19.7. The molecule has 0 radical (unpaired) electrons. The Morgan fingerprint density at radius 3 is 2.44 bits per heavy atom. The van der Waals surface area contributed by atoms with Crippen molar-refractivity contribution in [2.75, 3.05) is 0 Å². The predicted octanol–water partition coefficient (Wildman–Crippen LogP) is 6.68. The predicted molar refractivity (Wildman–Crippen MR) is 110 cm³/mol. The van der Waals surface area contributed by atoms with Crippen molar-refractivity contribution in [3.8, 4) is 0 Å². The Labute approximate surface area is 151 Å². The molecule has 0 amide bonds. The zero-order valence-corrected chi connectivity index (χ0v) is 15.1. The smallest absolute Gasteiger partial charge is 0.0967 e. The van der Waals surface area contributed by atoms with Gasteiger partial charge in [-0.3, -0.25) is 4.98 Å². The third-order valence-corrected chi connectivity index (χ3v) is 5.96. The molecule has 3 heteroatoms. The fourth-order valence-corrected chi connectivity index (χ4v) is 4.65. The summed E-state index contributed by atoms with van der Waals surface area (Å²) in [5.41, 5.74) is 4.35. The number of aromatic amines is 1. The van der Waals surface area contributed by atoms with E-state index in [2.05, 4.69) is 75.5 Å². The maximum Gasteiger partial charge on any atom is 0.0967 e. The van der Waals surface area contributed by atoms with Crippen LogP contribution in [0, 0.1) is 6.92 Å². The lowest BCUT2D eigenvalue weighted by Gasteiger charge is -2.12. The number of pyridine rings is 1. The molecular weight excluding hydrogens is 372 g/mol. The van der Waals surface area contributed by atoms with Crippen molar-refractivity contribution >= 4 is 70.2 Å². The van der Waals surface area contributed by atoms with E-state index in [0.717, 1.165) is 26.7 Å². The van der Waals surface area contributed by atoms with Crippen molar-refractivity contribution in [2.24, 2.45) is 0 Å². The Bertz CT molecular complexity index is 1460. The van der Waals surface area contributed by atoms with E-state index in [9.17, 15) is 0 Å². The Balaban J connectivity index is 1.99. The van der Waals surface area contributed by atoms with Crippen molar-refractivity contribution < 1.29 is 0 Å². The highest BCUT2D eigenvalue weighted by Gasteiger charge is 2.15. The van der Waals surface area contributed by atoms with Gasteiger partial charge in [0, 0.05) is 21.1 Å². The van der Waals surface area contributed by atoms with Crippen LogP contribution < -0.4 is 0 Å². The van der Waals surface area contributed by atoms with Crippen molar-refractivity contribution in [3.63, 3.8) is 0 Å². The summed E-state index contributed by atoms with van der Waals surface area (Å²) >= 11 is 3.71. The summed E-state index contributed by atoms with van der Waals surface area (Å²) in [4.78, 5) is 8.37. The van der Waals surface area contributed by atoms with Crippen molar-refractivity contribution in [2.45, 2.75) is 6.92 Å². The van der Waals surface area contributed by atoms with Gasteiger partial charge < -0.3 is 4.98 Å².